The molecule has 3 rings (SSSR count). The molecular weight excluding hydrogens is 362 g/mol. The molecule has 1 fully saturated rings. The van der Waals surface area contributed by atoms with Gasteiger partial charge in [-0.1, -0.05) is 17.7 Å². The molecular formula is C20H21N3O3S. The molecule has 1 aliphatic heterocycles. The molecule has 0 spiro atoms. The second kappa shape index (κ2) is 7.51. The summed E-state index contributed by atoms with van der Waals surface area (Å²) in [6, 6.07) is 13.6. The molecule has 1 saturated heterocycles. The molecule has 1 aliphatic rings. The summed E-state index contributed by atoms with van der Waals surface area (Å²) in [5.74, 6) is -0.0667. The van der Waals surface area contributed by atoms with Gasteiger partial charge in [-0.3, -0.25) is 4.79 Å². The van der Waals surface area contributed by atoms with E-state index in [9.17, 15) is 13.2 Å². The highest BCUT2D eigenvalue weighted by atomic mass is 32.2. The van der Waals surface area contributed by atoms with Crippen molar-refractivity contribution in [3.63, 3.8) is 0 Å². The number of hydrogen-bond acceptors (Lipinski definition) is 4. The van der Waals surface area contributed by atoms with Crippen LogP contribution >= 0.6 is 0 Å². The van der Waals surface area contributed by atoms with Crippen LogP contribution in [0.25, 0.3) is 0 Å². The summed E-state index contributed by atoms with van der Waals surface area (Å²) < 4.78 is 26.9. The first kappa shape index (κ1) is 19.1. The lowest BCUT2D eigenvalue weighted by molar-refractivity contribution is 0.0697. The molecule has 2 aromatic carbocycles. The predicted octanol–water partition coefficient (Wildman–Crippen LogP) is 2.32. The zero-order valence-corrected chi connectivity index (χ0v) is 16.2. The Labute approximate surface area is 159 Å². The van der Waals surface area contributed by atoms with Crippen molar-refractivity contribution in [3.05, 3.63) is 64.7 Å². The number of nitrogens with zero attached hydrogens (tertiary/aromatic N) is 3. The number of sulfonamides is 1. The summed E-state index contributed by atoms with van der Waals surface area (Å²) >= 11 is 0. The van der Waals surface area contributed by atoms with Crippen LogP contribution in [0, 0.1) is 25.2 Å². The Hall–Kier alpha value is -2.69. The average Bonchev–Trinajstić information content (AvgIpc) is 2.67. The Morgan fingerprint density at radius 1 is 1.00 bits per heavy atom. The van der Waals surface area contributed by atoms with Gasteiger partial charge in [-0.15, -0.1) is 0 Å². The highest BCUT2D eigenvalue weighted by Crippen LogP contribution is 2.20. The molecule has 6 nitrogen and oxygen atoms in total. The van der Waals surface area contributed by atoms with E-state index in [1.54, 1.807) is 4.90 Å². The monoisotopic (exact) mass is 383 g/mol. The molecule has 0 unspecified atom stereocenters. The number of carbonyl (C=O) groups excluding carboxylic acids is 1. The van der Waals surface area contributed by atoms with Gasteiger partial charge >= 0.3 is 0 Å². The topological polar surface area (TPSA) is 81.5 Å². The molecule has 0 radical (unpaired) electrons. The van der Waals surface area contributed by atoms with E-state index < -0.39 is 10.0 Å². The lowest BCUT2D eigenvalue weighted by Gasteiger charge is -2.34. The summed E-state index contributed by atoms with van der Waals surface area (Å²) in [6.45, 7) is 5.08. The fraction of sp³-hybridized carbons (Fsp3) is 0.300. The smallest absolute Gasteiger partial charge is 0.254 e. The van der Waals surface area contributed by atoms with Crippen molar-refractivity contribution < 1.29 is 13.2 Å². The van der Waals surface area contributed by atoms with Gasteiger partial charge in [0.15, 0.2) is 0 Å². The maximum absolute atomic E-state index is 12.8. The van der Waals surface area contributed by atoms with E-state index in [0.717, 1.165) is 11.1 Å². The Balaban J connectivity index is 1.70. The van der Waals surface area contributed by atoms with Crippen LogP contribution in [0.1, 0.15) is 27.0 Å². The SMILES string of the molecule is Cc1ccc(C(=O)N2CCN(S(=O)(=O)c3ccc(C#N)cc3)CC2)c(C)c1. The molecule has 0 aromatic heterocycles. The largest absolute Gasteiger partial charge is 0.336 e. The standard InChI is InChI=1S/C20H21N3O3S/c1-15-3-8-19(16(2)13-15)20(24)22-9-11-23(12-10-22)27(25,26)18-6-4-17(14-21)5-7-18/h3-8,13H,9-12H2,1-2H3. The van der Waals surface area contributed by atoms with Crippen molar-refractivity contribution in [1.29, 1.82) is 5.26 Å². The highest BCUT2D eigenvalue weighted by Gasteiger charge is 2.30. The molecule has 1 heterocycles. The van der Waals surface area contributed by atoms with Gasteiger partial charge in [0.2, 0.25) is 10.0 Å². The van der Waals surface area contributed by atoms with Gasteiger partial charge in [0.25, 0.3) is 5.91 Å². The van der Waals surface area contributed by atoms with Crippen LogP contribution in [0.2, 0.25) is 0 Å². The number of rotatable bonds is 3. The first-order valence-corrected chi connectivity index (χ1v) is 10.1. The summed E-state index contributed by atoms with van der Waals surface area (Å²) in [5.41, 5.74) is 3.09. The summed E-state index contributed by atoms with van der Waals surface area (Å²) in [4.78, 5) is 14.6. The maximum Gasteiger partial charge on any atom is 0.254 e. The fourth-order valence-corrected chi connectivity index (χ4v) is 4.63. The Morgan fingerprint density at radius 3 is 2.19 bits per heavy atom. The van der Waals surface area contributed by atoms with Gasteiger partial charge in [-0.05, 0) is 49.7 Å². The molecule has 0 bridgehead atoms. The lowest BCUT2D eigenvalue weighted by atomic mass is 10.0. The number of nitriles is 1. The Bertz CT molecular complexity index is 1000. The summed E-state index contributed by atoms with van der Waals surface area (Å²) in [5, 5.41) is 8.84. The van der Waals surface area contributed by atoms with E-state index in [4.69, 9.17) is 5.26 Å². The van der Waals surface area contributed by atoms with Crippen molar-refractivity contribution in [1.82, 2.24) is 9.21 Å². The van der Waals surface area contributed by atoms with E-state index in [2.05, 4.69) is 0 Å². The van der Waals surface area contributed by atoms with Gasteiger partial charge in [-0.2, -0.15) is 9.57 Å². The minimum Gasteiger partial charge on any atom is -0.336 e. The van der Waals surface area contributed by atoms with Crippen LogP contribution in [-0.2, 0) is 10.0 Å². The van der Waals surface area contributed by atoms with Crippen LogP contribution in [0.5, 0.6) is 0 Å². The fourth-order valence-electron chi connectivity index (χ4n) is 3.21. The highest BCUT2D eigenvalue weighted by molar-refractivity contribution is 7.89. The van der Waals surface area contributed by atoms with Crippen LogP contribution < -0.4 is 0 Å². The first-order chi connectivity index (χ1) is 12.8. The number of carbonyl (C=O) groups is 1. The van der Waals surface area contributed by atoms with Gasteiger partial charge in [0.05, 0.1) is 16.5 Å². The van der Waals surface area contributed by atoms with Crippen molar-refractivity contribution in [3.8, 4) is 6.07 Å². The van der Waals surface area contributed by atoms with Crippen molar-refractivity contribution in [2.45, 2.75) is 18.7 Å². The minimum absolute atomic E-state index is 0.0667. The van der Waals surface area contributed by atoms with Gasteiger partial charge in [-0.25, -0.2) is 8.42 Å². The summed E-state index contributed by atoms with van der Waals surface area (Å²) in [6.07, 6.45) is 0. The third kappa shape index (κ3) is 3.87. The number of aryl methyl sites for hydroxylation is 2. The van der Waals surface area contributed by atoms with Crippen molar-refractivity contribution in [2.75, 3.05) is 26.2 Å². The molecule has 140 valence electrons. The minimum atomic E-state index is -3.63. The third-order valence-electron chi connectivity index (χ3n) is 4.76. The average molecular weight is 383 g/mol. The van der Waals surface area contributed by atoms with Crippen molar-refractivity contribution in [2.24, 2.45) is 0 Å². The number of hydrogen-bond donors (Lipinski definition) is 0. The van der Waals surface area contributed by atoms with Gasteiger partial charge < -0.3 is 4.90 Å². The van der Waals surface area contributed by atoms with Crippen molar-refractivity contribution >= 4 is 15.9 Å². The third-order valence-corrected chi connectivity index (χ3v) is 6.67. The number of amides is 1. The molecule has 7 heteroatoms. The second-order valence-electron chi connectivity index (χ2n) is 6.65. The second-order valence-corrected chi connectivity index (χ2v) is 8.59. The summed E-state index contributed by atoms with van der Waals surface area (Å²) in [7, 11) is -3.63. The van der Waals surface area contributed by atoms with E-state index in [1.165, 1.54) is 28.6 Å². The van der Waals surface area contributed by atoms with Crippen LogP contribution in [0.15, 0.2) is 47.4 Å². The molecule has 1 amide bonds. The quantitative estimate of drug-likeness (QED) is 0.815. The normalized spacial score (nSPS) is 15.4. The van der Waals surface area contributed by atoms with Gasteiger partial charge in [0.1, 0.15) is 0 Å². The lowest BCUT2D eigenvalue weighted by Crippen LogP contribution is -2.50. The molecule has 0 atom stereocenters. The number of piperazine rings is 1. The molecule has 0 aliphatic carbocycles. The van der Waals surface area contributed by atoms with E-state index in [-0.39, 0.29) is 23.9 Å². The Kier molecular flexibility index (Phi) is 5.31. The van der Waals surface area contributed by atoms with E-state index in [1.807, 2.05) is 38.1 Å². The van der Waals surface area contributed by atoms with E-state index >= 15 is 0 Å². The Morgan fingerprint density at radius 2 is 1.63 bits per heavy atom. The van der Waals surface area contributed by atoms with Gasteiger partial charge in [0, 0.05) is 31.7 Å². The molecule has 0 N–H and O–H groups in total. The van der Waals surface area contributed by atoms with Crippen LogP contribution in [0.3, 0.4) is 0 Å². The molecule has 2 aromatic rings. The zero-order chi connectivity index (χ0) is 19.6. The zero-order valence-electron chi connectivity index (χ0n) is 15.3. The molecule has 27 heavy (non-hydrogen) atoms. The number of benzene rings is 2. The predicted molar refractivity (Wildman–Crippen MR) is 102 cm³/mol. The first-order valence-electron chi connectivity index (χ1n) is 8.70. The van der Waals surface area contributed by atoms with Crippen LogP contribution in [-0.4, -0.2) is 49.7 Å². The van der Waals surface area contributed by atoms with Crippen LogP contribution in [0.4, 0.5) is 0 Å². The maximum atomic E-state index is 12.8. The molecule has 0 saturated carbocycles. The van der Waals surface area contributed by atoms with E-state index in [0.29, 0.717) is 24.2 Å².